The number of hydrogen-bond donors (Lipinski definition) is 2. The summed E-state index contributed by atoms with van der Waals surface area (Å²) in [6, 6.07) is 0. The van der Waals surface area contributed by atoms with Gasteiger partial charge in [0, 0.05) is 19.1 Å². The lowest BCUT2D eigenvalue weighted by Gasteiger charge is -2.38. The van der Waals surface area contributed by atoms with Crippen LogP contribution in [0.15, 0.2) is 0 Å². The maximum atomic E-state index is 12.3. The number of hydrogen-bond acceptors (Lipinski definition) is 2. The largest absolute Gasteiger partial charge is 0.396 e. The van der Waals surface area contributed by atoms with Crippen LogP contribution in [-0.2, 0) is 4.79 Å². The van der Waals surface area contributed by atoms with Crippen molar-refractivity contribution < 1.29 is 9.90 Å². The maximum absolute atomic E-state index is 12.3. The summed E-state index contributed by atoms with van der Waals surface area (Å²) >= 11 is 0. The second kappa shape index (κ2) is 7.28. The first kappa shape index (κ1) is 16.5. The van der Waals surface area contributed by atoms with Crippen LogP contribution in [0.2, 0.25) is 0 Å². The molecule has 3 unspecified atom stereocenters. The van der Waals surface area contributed by atoms with Crippen LogP contribution in [0.25, 0.3) is 0 Å². The van der Waals surface area contributed by atoms with E-state index < -0.39 is 0 Å². The van der Waals surface area contributed by atoms with Crippen LogP contribution < -0.4 is 5.32 Å². The van der Waals surface area contributed by atoms with Crippen molar-refractivity contribution in [1.29, 1.82) is 0 Å². The van der Waals surface area contributed by atoms with E-state index in [9.17, 15) is 4.79 Å². The molecule has 1 fully saturated rings. The molecule has 0 spiro atoms. The fourth-order valence-corrected chi connectivity index (χ4v) is 3.57. The molecule has 1 amide bonds. The van der Waals surface area contributed by atoms with Crippen LogP contribution in [-0.4, -0.2) is 24.2 Å². The monoisotopic (exact) mass is 269 g/mol. The van der Waals surface area contributed by atoms with E-state index in [4.69, 9.17) is 5.11 Å². The van der Waals surface area contributed by atoms with Gasteiger partial charge < -0.3 is 10.4 Å². The quantitative estimate of drug-likeness (QED) is 0.779. The standard InChI is InChI=1S/C16H31NO2/c1-5-13(6-7-18)11-17-15(19)14-8-12(2)9-16(3,4)10-14/h12-14,18H,5-11H2,1-4H3,(H,17,19). The molecule has 1 rings (SSSR count). The number of aliphatic hydroxyl groups is 1. The third-order valence-corrected chi connectivity index (χ3v) is 4.44. The normalized spacial score (nSPS) is 27.8. The molecule has 2 N–H and O–H groups in total. The van der Waals surface area contributed by atoms with Gasteiger partial charge in [-0.2, -0.15) is 0 Å². The van der Waals surface area contributed by atoms with Gasteiger partial charge in [0.25, 0.3) is 0 Å². The van der Waals surface area contributed by atoms with Gasteiger partial charge in [-0.05, 0) is 42.9 Å². The molecule has 0 radical (unpaired) electrons. The van der Waals surface area contributed by atoms with Crippen molar-refractivity contribution in [3.05, 3.63) is 0 Å². The Balaban J connectivity index is 2.44. The Kier molecular flexibility index (Phi) is 6.31. The van der Waals surface area contributed by atoms with Crippen molar-refractivity contribution >= 4 is 5.91 Å². The second-order valence-electron chi connectivity index (χ2n) is 7.14. The molecular weight excluding hydrogens is 238 g/mol. The van der Waals surface area contributed by atoms with Gasteiger partial charge in [0.1, 0.15) is 0 Å². The first-order valence-corrected chi connectivity index (χ1v) is 7.76. The second-order valence-corrected chi connectivity index (χ2v) is 7.14. The van der Waals surface area contributed by atoms with E-state index in [1.54, 1.807) is 0 Å². The minimum Gasteiger partial charge on any atom is -0.396 e. The molecule has 19 heavy (non-hydrogen) atoms. The molecule has 1 aliphatic carbocycles. The van der Waals surface area contributed by atoms with Crippen molar-refractivity contribution in [1.82, 2.24) is 5.32 Å². The van der Waals surface area contributed by atoms with E-state index in [2.05, 4.69) is 33.0 Å². The topological polar surface area (TPSA) is 49.3 Å². The highest BCUT2D eigenvalue weighted by atomic mass is 16.3. The van der Waals surface area contributed by atoms with Crippen LogP contribution in [0.3, 0.4) is 0 Å². The Morgan fingerprint density at radius 2 is 2.11 bits per heavy atom. The zero-order valence-corrected chi connectivity index (χ0v) is 13.0. The van der Waals surface area contributed by atoms with E-state index in [1.165, 1.54) is 6.42 Å². The van der Waals surface area contributed by atoms with Crippen LogP contribution in [0.1, 0.15) is 59.8 Å². The van der Waals surface area contributed by atoms with Crippen molar-refractivity contribution in [2.24, 2.45) is 23.2 Å². The summed E-state index contributed by atoms with van der Waals surface area (Å²) in [6.07, 6.45) is 5.03. The van der Waals surface area contributed by atoms with Gasteiger partial charge in [-0.15, -0.1) is 0 Å². The van der Waals surface area contributed by atoms with Crippen molar-refractivity contribution in [2.45, 2.75) is 59.8 Å². The van der Waals surface area contributed by atoms with Crippen molar-refractivity contribution in [2.75, 3.05) is 13.2 Å². The van der Waals surface area contributed by atoms with Crippen molar-refractivity contribution in [3.63, 3.8) is 0 Å². The first-order chi connectivity index (χ1) is 8.88. The first-order valence-electron chi connectivity index (χ1n) is 7.76. The predicted molar refractivity (Wildman–Crippen MR) is 78.8 cm³/mol. The lowest BCUT2D eigenvalue weighted by Crippen LogP contribution is -2.40. The Labute approximate surface area is 118 Å². The third-order valence-electron chi connectivity index (χ3n) is 4.44. The molecule has 3 atom stereocenters. The maximum Gasteiger partial charge on any atom is 0.223 e. The molecule has 0 saturated heterocycles. The van der Waals surface area contributed by atoms with E-state index in [1.807, 2.05) is 0 Å². The lowest BCUT2D eigenvalue weighted by molar-refractivity contribution is -0.128. The molecular formula is C16H31NO2. The predicted octanol–water partition coefficient (Wildman–Crippen LogP) is 2.97. The van der Waals surface area contributed by atoms with E-state index >= 15 is 0 Å². The Morgan fingerprint density at radius 3 is 2.63 bits per heavy atom. The number of aliphatic hydroxyl groups excluding tert-OH is 1. The zero-order chi connectivity index (χ0) is 14.5. The molecule has 1 saturated carbocycles. The summed E-state index contributed by atoms with van der Waals surface area (Å²) in [5, 5.41) is 12.1. The highest BCUT2D eigenvalue weighted by molar-refractivity contribution is 5.78. The summed E-state index contributed by atoms with van der Waals surface area (Å²) in [6.45, 7) is 9.82. The molecule has 112 valence electrons. The Hall–Kier alpha value is -0.570. The molecule has 3 heteroatoms. The molecule has 0 aliphatic heterocycles. The summed E-state index contributed by atoms with van der Waals surface area (Å²) in [4.78, 5) is 12.3. The highest BCUT2D eigenvalue weighted by Gasteiger charge is 2.35. The van der Waals surface area contributed by atoms with Crippen LogP contribution in [0.5, 0.6) is 0 Å². The number of amides is 1. The lowest BCUT2D eigenvalue weighted by atomic mass is 9.68. The molecule has 0 aromatic carbocycles. The van der Waals surface area contributed by atoms with Gasteiger partial charge in [0.2, 0.25) is 5.91 Å². The fourth-order valence-electron chi connectivity index (χ4n) is 3.57. The van der Waals surface area contributed by atoms with Crippen LogP contribution in [0.4, 0.5) is 0 Å². The van der Waals surface area contributed by atoms with Gasteiger partial charge >= 0.3 is 0 Å². The van der Waals surface area contributed by atoms with Crippen LogP contribution >= 0.6 is 0 Å². The number of nitrogens with one attached hydrogen (secondary N) is 1. The molecule has 0 aromatic rings. The summed E-state index contributed by atoms with van der Waals surface area (Å²) in [5.74, 6) is 1.43. The zero-order valence-electron chi connectivity index (χ0n) is 13.0. The Bertz CT molecular complexity index is 288. The molecule has 0 heterocycles. The van der Waals surface area contributed by atoms with E-state index in [0.29, 0.717) is 18.4 Å². The summed E-state index contributed by atoms with van der Waals surface area (Å²) < 4.78 is 0. The highest BCUT2D eigenvalue weighted by Crippen LogP contribution is 2.41. The van der Waals surface area contributed by atoms with Gasteiger partial charge in [-0.25, -0.2) is 0 Å². The fraction of sp³-hybridized carbons (Fsp3) is 0.938. The van der Waals surface area contributed by atoms with Gasteiger partial charge in [0.05, 0.1) is 0 Å². The SMILES string of the molecule is CCC(CCO)CNC(=O)C1CC(C)CC(C)(C)C1. The minimum atomic E-state index is 0.172. The molecule has 0 bridgehead atoms. The van der Waals surface area contributed by atoms with Gasteiger partial charge in [-0.3, -0.25) is 4.79 Å². The average Bonchev–Trinajstić information content (AvgIpc) is 2.31. The molecule has 3 nitrogen and oxygen atoms in total. The van der Waals surface area contributed by atoms with Crippen molar-refractivity contribution in [3.8, 4) is 0 Å². The number of rotatable bonds is 6. The smallest absolute Gasteiger partial charge is 0.223 e. The van der Waals surface area contributed by atoms with E-state index in [-0.39, 0.29) is 23.8 Å². The van der Waals surface area contributed by atoms with Gasteiger partial charge in [-0.1, -0.05) is 34.1 Å². The summed E-state index contributed by atoms with van der Waals surface area (Å²) in [7, 11) is 0. The number of carbonyl (C=O) groups is 1. The van der Waals surface area contributed by atoms with Gasteiger partial charge in [0.15, 0.2) is 0 Å². The molecule has 0 aromatic heterocycles. The van der Waals surface area contributed by atoms with Crippen LogP contribution in [0, 0.1) is 23.2 Å². The molecule has 1 aliphatic rings. The Morgan fingerprint density at radius 1 is 1.42 bits per heavy atom. The average molecular weight is 269 g/mol. The summed E-state index contributed by atoms with van der Waals surface area (Å²) in [5.41, 5.74) is 0.287. The number of carbonyl (C=O) groups excluding carboxylic acids is 1. The third kappa shape index (κ3) is 5.52. The minimum absolute atomic E-state index is 0.172. The van der Waals surface area contributed by atoms with E-state index in [0.717, 1.165) is 25.7 Å².